The lowest BCUT2D eigenvalue weighted by atomic mass is 10.1. The molecule has 0 saturated heterocycles. The average Bonchev–Trinajstić information content (AvgIpc) is 3.11. The van der Waals surface area contributed by atoms with Crippen LogP contribution < -0.4 is 0 Å². The van der Waals surface area contributed by atoms with Gasteiger partial charge in [-0.15, -0.1) is 0 Å². The first-order chi connectivity index (χ1) is 8.98. The van der Waals surface area contributed by atoms with Crippen LogP contribution in [-0.4, -0.2) is 28.0 Å². The summed E-state index contributed by atoms with van der Waals surface area (Å²) in [6.07, 6.45) is 4.42. The second-order valence-electron chi connectivity index (χ2n) is 4.85. The highest BCUT2D eigenvalue weighted by molar-refractivity contribution is 7.90. The minimum absolute atomic E-state index is 0.190. The first-order valence-electron chi connectivity index (χ1n) is 6.07. The van der Waals surface area contributed by atoms with Crippen LogP contribution in [-0.2, 0) is 10.0 Å². The normalized spacial score (nSPS) is 15.6. The summed E-state index contributed by atoms with van der Waals surface area (Å²) < 4.78 is 25.1. The number of phenols is 1. The predicted molar refractivity (Wildman–Crippen MR) is 71.4 cm³/mol. The summed E-state index contributed by atoms with van der Waals surface area (Å²) >= 11 is 0. The Morgan fingerprint density at radius 1 is 1.32 bits per heavy atom. The molecule has 1 fully saturated rings. The van der Waals surface area contributed by atoms with Crippen LogP contribution in [0, 0.1) is 6.92 Å². The van der Waals surface area contributed by atoms with Crippen molar-refractivity contribution in [2.45, 2.75) is 25.0 Å². The van der Waals surface area contributed by atoms with Gasteiger partial charge in [-0.1, -0.05) is 12.1 Å². The van der Waals surface area contributed by atoms with Gasteiger partial charge in [0.05, 0.1) is 17.6 Å². The fraction of sp³-hybridized carbons (Fsp3) is 0.308. The highest BCUT2D eigenvalue weighted by atomic mass is 32.2. The van der Waals surface area contributed by atoms with E-state index in [0.717, 1.165) is 15.2 Å². The van der Waals surface area contributed by atoms with Gasteiger partial charge in [-0.3, -0.25) is 0 Å². The van der Waals surface area contributed by atoms with Crippen LogP contribution in [0.2, 0.25) is 0 Å². The number of benzene rings is 1. The molecule has 0 aliphatic heterocycles. The van der Waals surface area contributed by atoms with Crippen LogP contribution in [0.15, 0.2) is 30.6 Å². The number of hydrogen-bond donors (Lipinski definition) is 1. The zero-order chi connectivity index (χ0) is 13.6. The van der Waals surface area contributed by atoms with E-state index in [9.17, 15) is 13.5 Å². The van der Waals surface area contributed by atoms with Crippen molar-refractivity contribution < 1.29 is 13.5 Å². The molecule has 0 bridgehead atoms. The molecule has 3 rings (SSSR count). The van der Waals surface area contributed by atoms with E-state index in [4.69, 9.17) is 0 Å². The Morgan fingerprint density at radius 3 is 2.68 bits per heavy atom. The molecule has 5 nitrogen and oxygen atoms in total. The lowest BCUT2D eigenvalue weighted by molar-refractivity contribution is 0.471. The van der Waals surface area contributed by atoms with E-state index in [0.29, 0.717) is 18.4 Å². The van der Waals surface area contributed by atoms with E-state index in [2.05, 4.69) is 5.10 Å². The zero-order valence-corrected chi connectivity index (χ0v) is 11.3. The van der Waals surface area contributed by atoms with E-state index >= 15 is 0 Å². The molecule has 0 unspecified atom stereocenters. The fourth-order valence-electron chi connectivity index (χ4n) is 1.90. The maximum absolute atomic E-state index is 12.0. The monoisotopic (exact) mass is 278 g/mol. The third kappa shape index (κ3) is 2.12. The molecule has 1 aromatic heterocycles. The molecule has 0 amide bonds. The summed E-state index contributed by atoms with van der Waals surface area (Å²) in [6.45, 7) is 1.81. The first kappa shape index (κ1) is 12.2. The SMILES string of the molecule is Cc1ccc(-c2cnn(S(=O)(=O)C3CC3)c2)cc1O. The summed E-state index contributed by atoms with van der Waals surface area (Å²) in [4.78, 5) is 0. The van der Waals surface area contributed by atoms with Gasteiger partial charge in [0.1, 0.15) is 5.75 Å². The third-order valence-corrected chi connectivity index (χ3v) is 5.34. The largest absolute Gasteiger partial charge is 0.508 e. The fourth-order valence-corrected chi connectivity index (χ4v) is 3.38. The quantitative estimate of drug-likeness (QED) is 0.930. The Bertz CT molecular complexity index is 730. The van der Waals surface area contributed by atoms with E-state index in [-0.39, 0.29) is 11.0 Å². The number of aromatic nitrogens is 2. The van der Waals surface area contributed by atoms with Crippen molar-refractivity contribution in [1.29, 1.82) is 0 Å². The Balaban J connectivity index is 1.99. The molecule has 1 N–H and O–H groups in total. The molecule has 0 spiro atoms. The van der Waals surface area contributed by atoms with Gasteiger partial charge in [0.2, 0.25) is 0 Å². The van der Waals surface area contributed by atoms with Crippen LogP contribution >= 0.6 is 0 Å². The van der Waals surface area contributed by atoms with Crippen molar-refractivity contribution in [3.05, 3.63) is 36.2 Å². The summed E-state index contributed by atoms with van der Waals surface area (Å²) in [5.41, 5.74) is 2.21. The van der Waals surface area contributed by atoms with Gasteiger partial charge in [-0.25, -0.2) is 8.42 Å². The summed E-state index contributed by atoms with van der Waals surface area (Å²) in [5, 5.41) is 13.3. The maximum Gasteiger partial charge on any atom is 0.256 e. The van der Waals surface area contributed by atoms with Crippen LogP contribution in [0.4, 0.5) is 0 Å². The second kappa shape index (κ2) is 4.09. The third-order valence-electron chi connectivity index (χ3n) is 3.31. The topological polar surface area (TPSA) is 72.2 Å². The second-order valence-corrected chi connectivity index (χ2v) is 6.92. The molecule has 19 heavy (non-hydrogen) atoms. The Labute approximate surface area is 111 Å². The van der Waals surface area contributed by atoms with Crippen molar-refractivity contribution in [3.8, 4) is 16.9 Å². The van der Waals surface area contributed by atoms with Gasteiger partial charge in [-0.05, 0) is 37.0 Å². The van der Waals surface area contributed by atoms with Crippen molar-refractivity contribution in [2.75, 3.05) is 0 Å². The molecule has 1 saturated carbocycles. The summed E-state index contributed by atoms with van der Waals surface area (Å²) in [5.74, 6) is 0.190. The lowest BCUT2D eigenvalue weighted by Crippen LogP contribution is -2.17. The molecule has 6 heteroatoms. The maximum atomic E-state index is 12.0. The summed E-state index contributed by atoms with van der Waals surface area (Å²) in [6, 6.07) is 5.23. The zero-order valence-electron chi connectivity index (χ0n) is 10.4. The van der Waals surface area contributed by atoms with Gasteiger partial charge >= 0.3 is 0 Å². The van der Waals surface area contributed by atoms with Crippen molar-refractivity contribution in [1.82, 2.24) is 9.19 Å². The molecule has 1 heterocycles. The number of aromatic hydroxyl groups is 1. The van der Waals surface area contributed by atoms with Gasteiger partial charge in [0.15, 0.2) is 0 Å². The highest BCUT2D eigenvalue weighted by Crippen LogP contribution is 2.31. The average molecular weight is 278 g/mol. The van der Waals surface area contributed by atoms with Crippen molar-refractivity contribution in [3.63, 3.8) is 0 Å². The smallest absolute Gasteiger partial charge is 0.256 e. The Morgan fingerprint density at radius 2 is 2.05 bits per heavy atom. The molecular weight excluding hydrogens is 264 g/mol. The molecule has 1 aliphatic rings. The first-order valence-corrected chi connectivity index (χ1v) is 7.58. The van der Waals surface area contributed by atoms with Crippen molar-refractivity contribution >= 4 is 10.0 Å². The van der Waals surface area contributed by atoms with Crippen LogP contribution in [0.5, 0.6) is 5.75 Å². The van der Waals surface area contributed by atoms with Crippen LogP contribution in [0.1, 0.15) is 18.4 Å². The standard InChI is InChI=1S/C13H14N2O3S/c1-9-2-3-10(6-13(9)16)11-7-14-15(8-11)19(17,18)12-4-5-12/h2-3,6-8,12,16H,4-5H2,1H3. The van der Waals surface area contributed by atoms with Gasteiger partial charge in [0, 0.05) is 5.56 Å². The summed E-state index contributed by atoms with van der Waals surface area (Å²) in [7, 11) is -3.33. The molecular formula is C13H14N2O3S. The van der Waals surface area contributed by atoms with Crippen LogP contribution in [0.3, 0.4) is 0 Å². The highest BCUT2D eigenvalue weighted by Gasteiger charge is 2.37. The molecule has 2 aromatic rings. The van der Waals surface area contributed by atoms with E-state index in [1.54, 1.807) is 19.1 Å². The van der Waals surface area contributed by atoms with Crippen LogP contribution in [0.25, 0.3) is 11.1 Å². The molecule has 1 aromatic carbocycles. The number of rotatable bonds is 3. The molecule has 0 atom stereocenters. The van der Waals surface area contributed by atoms with E-state index < -0.39 is 10.0 Å². The number of phenolic OH excluding ortho intramolecular Hbond substituents is 1. The number of hydrogen-bond acceptors (Lipinski definition) is 4. The van der Waals surface area contributed by atoms with Crippen molar-refractivity contribution in [2.24, 2.45) is 0 Å². The predicted octanol–water partition coefficient (Wildman–Crippen LogP) is 1.90. The minimum Gasteiger partial charge on any atom is -0.508 e. The Hall–Kier alpha value is -1.82. The van der Waals surface area contributed by atoms with Gasteiger partial charge < -0.3 is 5.11 Å². The molecule has 0 radical (unpaired) electrons. The minimum atomic E-state index is -3.33. The lowest BCUT2D eigenvalue weighted by Gasteiger charge is -2.02. The number of nitrogens with zero attached hydrogens (tertiary/aromatic N) is 2. The van der Waals surface area contributed by atoms with Gasteiger partial charge in [-0.2, -0.15) is 9.19 Å². The Kier molecular flexibility index (Phi) is 2.63. The molecule has 100 valence electrons. The molecule has 1 aliphatic carbocycles. The van der Waals surface area contributed by atoms with Gasteiger partial charge in [0.25, 0.3) is 10.0 Å². The van der Waals surface area contributed by atoms with E-state index in [1.165, 1.54) is 12.4 Å². The van der Waals surface area contributed by atoms with E-state index in [1.807, 2.05) is 6.07 Å². The number of aryl methyl sites for hydroxylation is 1.